The van der Waals surface area contributed by atoms with Gasteiger partial charge in [0, 0.05) is 30.5 Å². The van der Waals surface area contributed by atoms with E-state index in [0.29, 0.717) is 41.3 Å². The van der Waals surface area contributed by atoms with Gasteiger partial charge < -0.3 is 15.0 Å². The molecule has 2 aromatic heterocycles. The van der Waals surface area contributed by atoms with Crippen molar-refractivity contribution in [1.82, 2.24) is 9.55 Å². The number of anilines is 3. The molecule has 0 amide bonds. The summed E-state index contributed by atoms with van der Waals surface area (Å²) in [5, 5.41) is 3.69. The molecule has 0 aliphatic carbocycles. The largest absolute Gasteiger partial charge is 0.372 e. The van der Waals surface area contributed by atoms with Crippen molar-refractivity contribution in [3.05, 3.63) is 88.1 Å². The molecular formula is C27H26F2N4O2. The van der Waals surface area contributed by atoms with Crippen LogP contribution in [0.2, 0.25) is 0 Å². The van der Waals surface area contributed by atoms with E-state index in [4.69, 9.17) is 9.72 Å². The van der Waals surface area contributed by atoms with Crippen LogP contribution in [0, 0.1) is 18.6 Å². The number of nitrogens with one attached hydrogen (secondary N) is 1. The van der Waals surface area contributed by atoms with E-state index >= 15 is 0 Å². The van der Waals surface area contributed by atoms with Crippen LogP contribution in [-0.4, -0.2) is 34.8 Å². The number of halogens is 2. The average Bonchev–Trinajstić information content (AvgIpc) is 2.80. The smallest absolute Gasteiger partial charge is 0.193 e. The molecule has 2 atom stereocenters. The zero-order valence-corrected chi connectivity index (χ0v) is 19.8. The lowest BCUT2D eigenvalue weighted by molar-refractivity contribution is -0.00545. The van der Waals surface area contributed by atoms with Crippen LogP contribution in [0.15, 0.2) is 65.5 Å². The Kier molecular flexibility index (Phi) is 5.98. The van der Waals surface area contributed by atoms with Crippen molar-refractivity contribution >= 4 is 28.4 Å². The first-order valence-corrected chi connectivity index (χ1v) is 11.5. The Morgan fingerprint density at radius 2 is 1.54 bits per heavy atom. The van der Waals surface area contributed by atoms with Gasteiger partial charge in [-0.15, -0.1) is 0 Å². The third-order valence-electron chi connectivity index (χ3n) is 6.10. The zero-order valence-electron chi connectivity index (χ0n) is 19.8. The quantitative estimate of drug-likeness (QED) is 0.432. The molecule has 6 nitrogen and oxygen atoms in total. The van der Waals surface area contributed by atoms with Crippen LogP contribution in [0.25, 0.3) is 16.7 Å². The van der Waals surface area contributed by atoms with Gasteiger partial charge in [-0.05, 0) is 80.9 Å². The molecule has 35 heavy (non-hydrogen) atoms. The maximum atomic E-state index is 13.8. The molecule has 1 aliphatic heterocycles. The molecule has 8 heteroatoms. The Labute approximate surface area is 201 Å². The van der Waals surface area contributed by atoms with Crippen LogP contribution in [-0.2, 0) is 4.74 Å². The third-order valence-corrected chi connectivity index (χ3v) is 6.10. The Hall–Kier alpha value is -3.78. The molecule has 180 valence electrons. The minimum absolute atomic E-state index is 0.0438. The maximum Gasteiger partial charge on any atom is 0.193 e. The predicted molar refractivity (Wildman–Crippen MR) is 134 cm³/mol. The summed E-state index contributed by atoms with van der Waals surface area (Å²) >= 11 is 0. The highest BCUT2D eigenvalue weighted by atomic mass is 19.1. The Morgan fingerprint density at radius 1 is 0.943 bits per heavy atom. The summed E-state index contributed by atoms with van der Waals surface area (Å²) in [5.41, 5.74) is 2.29. The first-order chi connectivity index (χ1) is 16.8. The highest BCUT2D eigenvalue weighted by molar-refractivity contribution is 5.85. The van der Waals surface area contributed by atoms with Crippen LogP contribution in [0.4, 0.5) is 26.1 Å². The highest BCUT2D eigenvalue weighted by Gasteiger charge is 2.25. The van der Waals surface area contributed by atoms with Crippen LogP contribution in [0.3, 0.4) is 0 Å². The zero-order chi connectivity index (χ0) is 24.7. The molecule has 2 aromatic carbocycles. The van der Waals surface area contributed by atoms with Crippen molar-refractivity contribution in [2.75, 3.05) is 23.3 Å². The fourth-order valence-electron chi connectivity index (χ4n) is 4.63. The van der Waals surface area contributed by atoms with Crippen molar-refractivity contribution in [3.63, 3.8) is 0 Å². The molecule has 0 saturated carbocycles. The van der Waals surface area contributed by atoms with Gasteiger partial charge in [0.25, 0.3) is 0 Å². The number of morpholine rings is 1. The van der Waals surface area contributed by atoms with Gasteiger partial charge in [-0.3, -0.25) is 9.36 Å². The summed E-state index contributed by atoms with van der Waals surface area (Å²) in [6.45, 7) is 7.29. The third kappa shape index (κ3) is 4.61. The second-order valence-corrected chi connectivity index (χ2v) is 9.00. The van der Waals surface area contributed by atoms with Crippen molar-refractivity contribution in [2.24, 2.45) is 0 Å². The van der Waals surface area contributed by atoms with Crippen LogP contribution < -0.4 is 15.6 Å². The van der Waals surface area contributed by atoms with Gasteiger partial charge in [0.15, 0.2) is 11.1 Å². The number of pyridine rings is 2. The first kappa shape index (κ1) is 23.0. The molecule has 0 bridgehead atoms. The fourth-order valence-corrected chi connectivity index (χ4v) is 4.63. The maximum absolute atomic E-state index is 13.8. The molecule has 1 N–H and O–H groups in total. The summed E-state index contributed by atoms with van der Waals surface area (Å²) < 4.78 is 34.9. The molecule has 0 radical (unpaired) electrons. The van der Waals surface area contributed by atoms with Gasteiger partial charge in [-0.1, -0.05) is 0 Å². The molecule has 5 rings (SSSR count). The number of nitrogens with zero attached hydrogens (tertiary/aromatic N) is 3. The number of fused-ring (bicyclic) bond motifs is 1. The molecule has 1 aliphatic rings. The van der Waals surface area contributed by atoms with Crippen LogP contribution >= 0.6 is 0 Å². The van der Waals surface area contributed by atoms with Crippen LogP contribution in [0.5, 0.6) is 0 Å². The van der Waals surface area contributed by atoms with E-state index < -0.39 is 0 Å². The number of aromatic nitrogens is 2. The molecule has 0 spiro atoms. The summed E-state index contributed by atoms with van der Waals surface area (Å²) in [6.07, 6.45) is 0.0876. The van der Waals surface area contributed by atoms with Crippen molar-refractivity contribution in [1.29, 1.82) is 0 Å². The average molecular weight is 477 g/mol. The van der Waals surface area contributed by atoms with Crippen molar-refractivity contribution in [2.45, 2.75) is 33.0 Å². The minimum Gasteiger partial charge on any atom is -0.372 e. The van der Waals surface area contributed by atoms with E-state index in [1.807, 2.05) is 26.8 Å². The Morgan fingerprint density at radius 3 is 2.17 bits per heavy atom. The fraction of sp³-hybridized carbons (Fsp3) is 0.259. The molecule has 3 heterocycles. The standard InChI is InChI=1S/C27H26F2N4O2/c1-16-12-24(32-14-17(2)35-18(3)15-32)31-27-26(16)23(34)13-25(30-21-8-4-19(28)5-9-21)33(27)22-10-6-20(29)7-11-22/h4-13,17-18,30H,14-15H2,1-3H3/t17-,18+. The number of benzene rings is 2. The van der Waals surface area contributed by atoms with E-state index in [1.165, 1.54) is 30.3 Å². The van der Waals surface area contributed by atoms with E-state index in [1.54, 1.807) is 28.8 Å². The van der Waals surface area contributed by atoms with E-state index in [0.717, 1.165) is 11.4 Å². The number of hydrogen-bond donors (Lipinski definition) is 1. The molecule has 1 saturated heterocycles. The van der Waals surface area contributed by atoms with Gasteiger partial charge >= 0.3 is 0 Å². The second kappa shape index (κ2) is 9.11. The SMILES string of the molecule is Cc1cc(N2C[C@@H](C)O[C@@H](C)C2)nc2c1c(=O)cc(Nc1ccc(F)cc1)n2-c1ccc(F)cc1. The molecule has 0 unspecified atom stereocenters. The summed E-state index contributed by atoms with van der Waals surface area (Å²) in [7, 11) is 0. The molecule has 4 aromatic rings. The number of aryl methyl sites for hydroxylation is 1. The highest BCUT2D eigenvalue weighted by Crippen LogP contribution is 2.29. The van der Waals surface area contributed by atoms with Gasteiger partial charge in [-0.2, -0.15) is 0 Å². The minimum atomic E-state index is -0.367. The summed E-state index contributed by atoms with van der Waals surface area (Å²) in [6, 6.07) is 15.3. The molecular weight excluding hydrogens is 450 g/mol. The lowest BCUT2D eigenvalue weighted by Gasteiger charge is -2.36. The van der Waals surface area contributed by atoms with E-state index in [2.05, 4.69) is 10.2 Å². The van der Waals surface area contributed by atoms with E-state index in [-0.39, 0.29) is 29.3 Å². The van der Waals surface area contributed by atoms with Gasteiger partial charge in [0.2, 0.25) is 0 Å². The summed E-state index contributed by atoms with van der Waals surface area (Å²) in [5.74, 6) is 0.453. The number of ether oxygens (including phenoxy) is 1. The van der Waals surface area contributed by atoms with Gasteiger partial charge in [0.1, 0.15) is 23.3 Å². The van der Waals surface area contributed by atoms with Gasteiger partial charge in [-0.25, -0.2) is 13.8 Å². The first-order valence-electron chi connectivity index (χ1n) is 11.5. The second-order valence-electron chi connectivity index (χ2n) is 9.00. The Bertz CT molecular complexity index is 1430. The van der Waals surface area contributed by atoms with Crippen LogP contribution in [0.1, 0.15) is 19.4 Å². The predicted octanol–water partition coefficient (Wildman–Crippen LogP) is 5.33. The monoisotopic (exact) mass is 476 g/mol. The Balaban J connectivity index is 1.74. The lowest BCUT2D eigenvalue weighted by atomic mass is 10.1. The summed E-state index contributed by atoms with van der Waals surface area (Å²) in [4.78, 5) is 20.3. The van der Waals surface area contributed by atoms with E-state index in [9.17, 15) is 13.6 Å². The number of hydrogen-bond acceptors (Lipinski definition) is 5. The lowest BCUT2D eigenvalue weighted by Crippen LogP contribution is -2.46. The van der Waals surface area contributed by atoms with Crippen molar-refractivity contribution < 1.29 is 13.5 Å². The molecule has 1 fully saturated rings. The topological polar surface area (TPSA) is 59.4 Å². The normalized spacial score (nSPS) is 18.1. The van der Waals surface area contributed by atoms with Gasteiger partial charge in [0.05, 0.1) is 17.6 Å². The number of rotatable bonds is 4. The van der Waals surface area contributed by atoms with Crippen molar-refractivity contribution in [3.8, 4) is 5.69 Å².